The average molecular weight is 401 g/mol. The Kier molecular flexibility index (Phi) is 22.8. The monoisotopic (exact) mass is 400 g/mol. The molecule has 2 rings (SSSR count). The van der Waals surface area contributed by atoms with Crippen LogP contribution in [0.1, 0.15) is 104 Å². The Labute approximate surface area is 183 Å². The van der Waals surface area contributed by atoms with Crippen molar-refractivity contribution in [3.05, 3.63) is 70.8 Å². The van der Waals surface area contributed by atoms with Crippen LogP contribution in [0.5, 0.6) is 0 Å². The molecule has 0 atom stereocenters. The summed E-state index contributed by atoms with van der Waals surface area (Å²) in [4.78, 5) is 10.9. The van der Waals surface area contributed by atoms with Gasteiger partial charge in [-0.15, -0.1) is 0 Å². The first-order valence-corrected chi connectivity index (χ1v) is 11.2. The number of aryl methyl sites for hydroxylation is 1. The highest BCUT2D eigenvalue weighted by Crippen LogP contribution is 2.24. The topological polar surface area (TPSA) is 17.1 Å². The zero-order valence-corrected chi connectivity index (χ0v) is 21.3. The second kappa shape index (κ2) is 20.8. The van der Waals surface area contributed by atoms with Crippen molar-refractivity contribution in [3.8, 4) is 0 Å². The smallest absolute Gasteiger partial charge is 0.160 e. The van der Waals surface area contributed by atoms with Crippen LogP contribution in [0.15, 0.2) is 59.7 Å². The predicted molar refractivity (Wildman–Crippen MR) is 135 cm³/mol. The standard InChI is InChI=1S/C10H16.C9H10O.C5H10.2C2H6/c1-6-9(4)10(5)7-8(2)3;1-7-5-3-4-6-9(7)8(2)10;1-5-3-2-4-5;2*1-2/h6-7H,2H2,1,3-5H3;3-6H,1-2H3;5H,2-4H2,1H3;2*1-2H3/b9-6-,10-7-;;;;. The molecule has 1 nitrogen and oxygen atoms in total. The fraction of sp³-hybridized carbons (Fsp3) is 0.536. The number of carbonyl (C=O) groups excluding carboxylic acids is 1. The van der Waals surface area contributed by atoms with Crippen LogP contribution in [0, 0.1) is 12.8 Å². The van der Waals surface area contributed by atoms with Gasteiger partial charge >= 0.3 is 0 Å². The molecule has 0 aromatic heterocycles. The molecule has 166 valence electrons. The highest BCUT2D eigenvalue weighted by Gasteiger charge is 2.09. The number of hydrogen-bond donors (Lipinski definition) is 0. The summed E-state index contributed by atoms with van der Waals surface area (Å²) in [6.07, 6.45) is 8.66. The maximum Gasteiger partial charge on any atom is 0.160 e. The number of carbonyl (C=O) groups is 1. The molecule has 0 aliphatic heterocycles. The lowest BCUT2D eigenvalue weighted by Crippen LogP contribution is -2.04. The number of rotatable bonds is 3. The largest absolute Gasteiger partial charge is 0.295 e. The predicted octanol–water partition coefficient (Wildman–Crippen LogP) is 9.53. The molecular formula is C28H48O. The zero-order valence-electron chi connectivity index (χ0n) is 21.3. The van der Waals surface area contributed by atoms with Crippen LogP contribution in [0.4, 0.5) is 0 Å². The number of hydrogen-bond acceptors (Lipinski definition) is 1. The average Bonchev–Trinajstić information content (AvgIpc) is 2.69. The fourth-order valence-corrected chi connectivity index (χ4v) is 2.29. The van der Waals surface area contributed by atoms with Crippen molar-refractivity contribution in [2.45, 2.75) is 95.4 Å². The highest BCUT2D eigenvalue weighted by atomic mass is 16.1. The molecule has 1 heteroatoms. The van der Waals surface area contributed by atoms with Crippen LogP contribution in [0.2, 0.25) is 0 Å². The normalized spacial score (nSPS) is 12.8. The van der Waals surface area contributed by atoms with E-state index in [9.17, 15) is 4.79 Å². The van der Waals surface area contributed by atoms with Gasteiger partial charge in [0.15, 0.2) is 5.78 Å². The van der Waals surface area contributed by atoms with Gasteiger partial charge in [-0.05, 0) is 58.6 Å². The van der Waals surface area contributed by atoms with Crippen molar-refractivity contribution in [1.82, 2.24) is 0 Å². The third-order valence-electron chi connectivity index (χ3n) is 4.44. The van der Waals surface area contributed by atoms with Crippen LogP contribution in [0.3, 0.4) is 0 Å². The van der Waals surface area contributed by atoms with Gasteiger partial charge in [-0.25, -0.2) is 0 Å². The van der Waals surface area contributed by atoms with Crippen molar-refractivity contribution in [2.24, 2.45) is 5.92 Å². The Bertz CT molecular complexity index is 613. The van der Waals surface area contributed by atoms with E-state index in [2.05, 4.69) is 39.5 Å². The fourth-order valence-electron chi connectivity index (χ4n) is 2.29. The number of ketones is 1. The molecule has 29 heavy (non-hydrogen) atoms. The number of Topliss-reactive ketones (excluding diaryl/α,β-unsaturated/α-hetero) is 1. The molecule has 0 saturated heterocycles. The van der Waals surface area contributed by atoms with Crippen molar-refractivity contribution in [1.29, 1.82) is 0 Å². The van der Waals surface area contributed by atoms with Gasteiger partial charge in [0.25, 0.3) is 0 Å². The van der Waals surface area contributed by atoms with Crippen LogP contribution >= 0.6 is 0 Å². The van der Waals surface area contributed by atoms with Crippen LogP contribution in [0.25, 0.3) is 0 Å². The molecule has 1 aliphatic rings. The van der Waals surface area contributed by atoms with Gasteiger partial charge in [0, 0.05) is 5.56 Å². The molecule has 1 aromatic rings. The first kappa shape index (κ1) is 31.8. The molecule has 1 aromatic carbocycles. The second-order valence-corrected chi connectivity index (χ2v) is 7.05. The van der Waals surface area contributed by atoms with Crippen LogP contribution in [-0.2, 0) is 0 Å². The summed E-state index contributed by atoms with van der Waals surface area (Å²) >= 11 is 0. The summed E-state index contributed by atoms with van der Waals surface area (Å²) in [7, 11) is 0. The van der Waals surface area contributed by atoms with Gasteiger partial charge in [0.05, 0.1) is 0 Å². The van der Waals surface area contributed by atoms with E-state index in [1.807, 2.05) is 72.7 Å². The minimum Gasteiger partial charge on any atom is -0.295 e. The first-order valence-electron chi connectivity index (χ1n) is 11.2. The Morgan fingerprint density at radius 3 is 1.66 bits per heavy atom. The van der Waals surface area contributed by atoms with E-state index >= 15 is 0 Å². The van der Waals surface area contributed by atoms with E-state index in [-0.39, 0.29) is 5.78 Å². The molecule has 0 amide bonds. The summed E-state index contributed by atoms with van der Waals surface area (Å²) in [5, 5.41) is 0. The minimum absolute atomic E-state index is 0.137. The molecule has 0 heterocycles. The molecule has 1 saturated carbocycles. The molecule has 0 radical (unpaired) electrons. The van der Waals surface area contributed by atoms with Gasteiger partial charge in [-0.3, -0.25) is 4.79 Å². The SMILES string of the molecule is C=C(C)/C=C(C)\C(C)=C/C.CC.CC.CC(=O)c1ccccc1C.CC1CCC1. The van der Waals surface area contributed by atoms with Crippen LogP contribution < -0.4 is 0 Å². The molecule has 0 N–H and O–H groups in total. The van der Waals surface area contributed by atoms with E-state index in [4.69, 9.17) is 0 Å². The van der Waals surface area contributed by atoms with Gasteiger partial charge in [-0.2, -0.15) is 0 Å². The van der Waals surface area contributed by atoms with E-state index < -0.39 is 0 Å². The summed E-state index contributed by atoms with van der Waals surface area (Å²) in [5.74, 6) is 1.20. The lowest BCUT2D eigenvalue weighted by molar-refractivity contribution is 0.101. The second-order valence-electron chi connectivity index (χ2n) is 7.05. The summed E-state index contributed by atoms with van der Waals surface area (Å²) in [6.45, 7) is 25.9. The lowest BCUT2D eigenvalue weighted by Gasteiger charge is -2.18. The summed E-state index contributed by atoms with van der Waals surface area (Å²) < 4.78 is 0. The molecule has 1 aliphatic carbocycles. The Hall–Kier alpha value is -1.89. The van der Waals surface area contributed by atoms with E-state index in [1.54, 1.807) is 6.92 Å². The quantitative estimate of drug-likeness (QED) is 0.364. The number of allylic oxidation sites excluding steroid dienone is 5. The molecule has 0 spiro atoms. The third kappa shape index (κ3) is 17.9. The zero-order chi connectivity index (χ0) is 23.4. The van der Waals surface area contributed by atoms with Gasteiger partial charge in [0.2, 0.25) is 0 Å². The third-order valence-corrected chi connectivity index (χ3v) is 4.44. The Balaban J connectivity index is -0.000000333. The minimum atomic E-state index is 0.137. The van der Waals surface area contributed by atoms with Gasteiger partial charge in [0.1, 0.15) is 0 Å². The molecule has 0 bridgehead atoms. The maximum atomic E-state index is 10.9. The Morgan fingerprint density at radius 2 is 1.41 bits per heavy atom. The van der Waals surface area contributed by atoms with Crippen molar-refractivity contribution < 1.29 is 4.79 Å². The molecule has 0 unspecified atom stereocenters. The highest BCUT2D eigenvalue weighted by molar-refractivity contribution is 5.95. The van der Waals surface area contributed by atoms with E-state index in [1.165, 1.54) is 30.4 Å². The first-order chi connectivity index (χ1) is 13.7. The summed E-state index contributed by atoms with van der Waals surface area (Å²) in [5.41, 5.74) is 5.61. The maximum absolute atomic E-state index is 10.9. The number of benzene rings is 1. The van der Waals surface area contributed by atoms with Gasteiger partial charge in [-0.1, -0.05) is 108 Å². The van der Waals surface area contributed by atoms with Crippen molar-refractivity contribution in [3.63, 3.8) is 0 Å². The van der Waals surface area contributed by atoms with Crippen molar-refractivity contribution in [2.75, 3.05) is 0 Å². The molecule has 1 fully saturated rings. The van der Waals surface area contributed by atoms with E-state index in [0.29, 0.717) is 0 Å². The van der Waals surface area contributed by atoms with Crippen molar-refractivity contribution >= 4 is 5.78 Å². The van der Waals surface area contributed by atoms with Crippen LogP contribution in [-0.4, -0.2) is 5.78 Å². The van der Waals surface area contributed by atoms with Gasteiger partial charge < -0.3 is 0 Å². The lowest BCUT2D eigenvalue weighted by atomic mass is 9.88. The molecular weight excluding hydrogens is 352 g/mol. The Morgan fingerprint density at radius 1 is 0.966 bits per heavy atom. The van der Waals surface area contributed by atoms with E-state index in [0.717, 1.165) is 22.6 Å². The summed E-state index contributed by atoms with van der Waals surface area (Å²) in [6, 6.07) is 7.60.